The number of rotatable bonds is 4. The third-order valence-corrected chi connectivity index (χ3v) is 1.55. The van der Waals surface area contributed by atoms with Gasteiger partial charge >= 0.3 is 0 Å². The highest BCUT2D eigenvalue weighted by molar-refractivity contribution is 8.03. The standard InChI is InChI=1S/C6H6N2S2/c1-2-6(8-5-9)3-10-4-7/h2,6H,1,3H2. The zero-order valence-electron chi connectivity index (χ0n) is 5.28. The van der Waals surface area contributed by atoms with E-state index in [1.807, 2.05) is 5.40 Å². The van der Waals surface area contributed by atoms with E-state index in [0.29, 0.717) is 5.75 Å². The summed E-state index contributed by atoms with van der Waals surface area (Å²) in [6, 6.07) is -0.0675. The summed E-state index contributed by atoms with van der Waals surface area (Å²) >= 11 is 5.52. The number of isothiocyanates is 1. The van der Waals surface area contributed by atoms with Crippen LogP contribution in [0.1, 0.15) is 0 Å². The van der Waals surface area contributed by atoms with Gasteiger partial charge in [0, 0.05) is 5.75 Å². The number of hydrogen-bond acceptors (Lipinski definition) is 4. The van der Waals surface area contributed by atoms with E-state index >= 15 is 0 Å². The first kappa shape index (κ1) is 9.38. The van der Waals surface area contributed by atoms with Crippen LogP contribution in [0.25, 0.3) is 0 Å². The number of thiocarbonyl (C=S) groups is 1. The van der Waals surface area contributed by atoms with Crippen molar-refractivity contribution in [1.29, 1.82) is 5.26 Å². The van der Waals surface area contributed by atoms with Crippen LogP contribution < -0.4 is 0 Å². The van der Waals surface area contributed by atoms with Gasteiger partial charge in [-0.25, -0.2) is 4.99 Å². The Morgan fingerprint density at radius 3 is 3.00 bits per heavy atom. The van der Waals surface area contributed by atoms with Gasteiger partial charge < -0.3 is 0 Å². The van der Waals surface area contributed by atoms with Crippen molar-refractivity contribution in [2.24, 2.45) is 4.99 Å². The number of hydrogen-bond donors (Lipinski definition) is 0. The maximum absolute atomic E-state index is 8.17. The Morgan fingerprint density at radius 2 is 2.60 bits per heavy atom. The van der Waals surface area contributed by atoms with Gasteiger partial charge in [-0.15, -0.1) is 6.58 Å². The zero-order valence-corrected chi connectivity index (χ0v) is 6.91. The third kappa shape index (κ3) is 4.28. The van der Waals surface area contributed by atoms with Gasteiger partial charge in [-0.3, -0.25) is 0 Å². The molecule has 0 aromatic carbocycles. The molecule has 0 aliphatic rings. The van der Waals surface area contributed by atoms with Crippen LogP contribution >= 0.6 is 24.0 Å². The van der Waals surface area contributed by atoms with Crippen LogP contribution in [0.4, 0.5) is 0 Å². The summed E-state index contributed by atoms with van der Waals surface area (Å²) in [7, 11) is 0. The van der Waals surface area contributed by atoms with E-state index in [4.69, 9.17) is 5.26 Å². The molecule has 0 heterocycles. The lowest BCUT2D eigenvalue weighted by Crippen LogP contribution is -2.01. The molecule has 52 valence electrons. The van der Waals surface area contributed by atoms with Gasteiger partial charge in [0.05, 0.1) is 11.2 Å². The lowest BCUT2D eigenvalue weighted by Gasteiger charge is -1.97. The van der Waals surface area contributed by atoms with Crippen molar-refractivity contribution in [1.82, 2.24) is 0 Å². The molecule has 2 nitrogen and oxygen atoms in total. The van der Waals surface area contributed by atoms with E-state index in [9.17, 15) is 0 Å². The van der Waals surface area contributed by atoms with Gasteiger partial charge in [0.15, 0.2) is 0 Å². The lowest BCUT2D eigenvalue weighted by molar-refractivity contribution is 0.956. The Balaban J connectivity index is 3.73. The van der Waals surface area contributed by atoms with Crippen molar-refractivity contribution in [3.63, 3.8) is 0 Å². The van der Waals surface area contributed by atoms with Crippen LogP contribution in [0.5, 0.6) is 0 Å². The third-order valence-electron chi connectivity index (χ3n) is 0.809. The van der Waals surface area contributed by atoms with Gasteiger partial charge in [0.25, 0.3) is 0 Å². The van der Waals surface area contributed by atoms with E-state index in [1.54, 1.807) is 6.08 Å². The van der Waals surface area contributed by atoms with E-state index in [-0.39, 0.29) is 6.04 Å². The molecule has 0 aromatic heterocycles. The summed E-state index contributed by atoms with van der Waals surface area (Å²) in [4.78, 5) is 3.75. The molecule has 0 saturated heterocycles. The molecule has 0 amide bonds. The minimum Gasteiger partial charge on any atom is -0.224 e. The van der Waals surface area contributed by atoms with Gasteiger partial charge in [-0.1, -0.05) is 6.08 Å². The second kappa shape index (κ2) is 6.50. The van der Waals surface area contributed by atoms with Crippen molar-refractivity contribution >= 4 is 29.1 Å². The highest BCUT2D eigenvalue weighted by Crippen LogP contribution is 2.03. The van der Waals surface area contributed by atoms with E-state index < -0.39 is 0 Å². The van der Waals surface area contributed by atoms with E-state index in [0.717, 1.165) is 11.8 Å². The summed E-state index contributed by atoms with van der Waals surface area (Å²) < 4.78 is 0. The average Bonchev–Trinajstić information content (AvgIpc) is 1.98. The van der Waals surface area contributed by atoms with Crippen LogP contribution in [-0.4, -0.2) is 17.0 Å². The Labute approximate surface area is 69.6 Å². The van der Waals surface area contributed by atoms with Crippen molar-refractivity contribution in [3.05, 3.63) is 12.7 Å². The first-order valence-corrected chi connectivity index (χ1v) is 3.95. The van der Waals surface area contributed by atoms with Crippen molar-refractivity contribution in [3.8, 4) is 5.40 Å². The van der Waals surface area contributed by atoms with Crippen LogP contribution in [-0.2, 0) is 0 Å². The minimum atomic E-state index is -0.0675. The topological polar surface area (TPSA) is 36.1 Å². The number of thiocyanates is 1. The zero-order chi connectivity index (χ0) is 7.82. The molecule has 0 radical (unpaired) electrons. The minimum absolute atomic E-state index is 0.0675. The molecular formula is C6H6N2S2. The Morgan fingerprint density at radius 1 is 1.90 bits per heavy atom. The highest BCUT2D eigenvalue weighted by atomic mass is 32.2. The van der Waals surface area contributed by atoms with E-state index in [1.165, 1.54) is 0 Å². The average molecular weight is 170 g/mol. The van der Waals surface area contributed by atoms with Crippen LogP contribution in [0.15, 0.2) is 17.6 Å². The van der Waals surface area contributed by atoms with Crippen LogP contribution in [0, 0.1) is 10.7 Å². The molecule has 0 aromatic rings. The molecule has 0 fully saturated rings. The van der Waals surface area contributed by atoms with Crippen molar-refractivity contribution in [2.45, 2.75) is 6.04 Å². The smallest absolute Gasteiger partial charge is 0.133 e. The monoisotopic (exact) mass is 170 g/mol. The first-order valence-electron chi connectivity index (χ1n) is 2.55. The summed E-state index contributed by atoms with van der Waals surface area (Å²) in [6.07, 6.45) is 1.64. The molecular weight excluding hydrogens is 164 g/mol. The fraction of sp³-hybridized carbons (Fsp3) is 0.333. The lowest BCUT2D eigenvalue weighted by atomic mass is 10.4. The van der Waals surface area contributed by atoms with Gasteiger partial charge in [-0.2, -0.15) is 5.26 Å². The number of nitriles is 1. The number of thioether (sulfide) groups is 1. The summed E-state index contributed by atoms with van der Waals surface area (Å²) in [6.45, 7) is 3.53. The molecule has 0 N–H and O–H groups in total. The predicted molar refractivity (Wildman–Crippen MR) is 47.1 cm³/mol. The fourth-order valence-corrected chi connectivity index (χ4v) is 0.940. The van der Waals surface area contributed by atoms with Gasteiger partial charge in [0.2, 0.25) is 0 Å². The molecule has 1 atom stereocenters. The maximum atomic E-state index is 8.17. The quantitative estimate of drug-likeness (QED) is 0.279. The molecule has 4 heteroatoms. The summed E-state index contributed by atoms with van der Waals surface area (Å²) in [5.74, 6) is 0.601. The molecule has 0 bridgehead atoms. The largest absolute Gasteiger partial charge is 0.224 e. The van der Waals surface area contributed by atoms with Gasteiger partial charge in [0.1, 0.15) is 5.40 Å². The van der Waals surface area contributed by atoms with Crippen LogP contribution in [0.2, 0.25) is 0 Å². The van der Waals surface area contributed by atoms with Crippen LogP contribution in [0.3, 0.4) is 0 Å². The molecule has 0 aliphatic carbocycles. The van der Waals surface area contributed by atoms with Crippen molar-refractivity contribution in [2.75, 3.05) is 5.75 Å². The number of nitrogens with zero attached hydrogens (tertiary/aromatic N) is 2. The van der Waals surface area contributed by atoms with E-state index in [2.05, 4.69) is 29.0 Å². The first-order chi connectivity index (χ1) is 4.85. The van der Waals surface area contributed by atoms with Gasteiger partial charge in [-0.05, 0) is 24.0 Å². The number of aliphatic imine (C=N–C) groups is 1. The second-order valence-electron chi connectivity index (χ2n) is 1.43. The molecule has 1 unspecified atom stereocenters. The molecule has 10 heavy (non-hydrogen) atoms. The summed E-state index contributed by atoms with van der Waals surface area (Å²) in [5, 5.41) is 12.3. The molecule has 0 rings (SSSR count). The summed E-state index contributed by atoms with van der Waals surface area (Å²) in [5.41, 5.74) is 0. The molecule has 0 aliphatic heterocycles. The SMILES string of the molecule is C=CC(CSC#N)N=C=S. The Hall–Kier alpha value is -0.620. The molecule has 0 saturated carbocycles. The second-order valence-corrected chi connectivity index (χ2v) is 2.41. The fourth-order valence-electron chi connectivity index (χ4n) is 0.348. The molecule has 0 spiro atoms. The normalized spacial score (nSPS) is 10.7. The Bertz CT molecular complexity index is 188. The predicted octanol–water partition coefficient (Wildman–Crippen LogP) is 1.86. The maximum Gasteiger partial charge on any atom is 0.133 e. The van der Waals surface area contributed by atoms with Crippen molar-refractivity contribution < 1.29 is 0 Å². The highest BCUT2D eigenvalue weighted by Gasteiger charge is 1.98. The Kier molecular flexibility index (Phi) is 6.10.